The van der Waals surface area contributed by atoms with Crippen LogP contribution in [0.3, 0.4) is 0 Å². The Balaban J connectivity index is 2.11. The van der Waals surface area contributed by atoms with E-state index in [0.29, 0.717) is 12.5 Å². The Morgan fingerprint density at radius 3 is 2.84 bits per heavy atom. The number of pyridine rings is 1. The minimum absolute atomic E-state index is 0.258. The predicted octanol–water partition coefficient (Wildman–Crippen LogP) is 4.28. The van der Waals surface area contributed by atoms with Crippen molar-refractivity contribution in [1.82, 2.24) is 4.98 Å². The molecular weight excluding hydrogens is 256 g/mol. The summed E-state index contributed by atoms with van der Waals surface area (Å²) in [6.07, 6.45) is 2.84. The van der Waals surface area contributed by atoms with Crippen LogP contribution in [0.15, 0.2) is 30.5 Å². The number of anilines is 1. The fourth-order valence-electron chi connectivity index (χ4n) is 1.87. The normalized spacial score (nSPS) is 12.2. The summed E-state index contributed by atoms with van der Waals surface area (Å²) >= 11 is 1.86. The molecule has 2 aromatic rings. The second-order valence-electron chi connectivity index (χ2n) is 4.31. The van der Waals surface area contributed by atoms with Crippen LogP contribution in [-0.4, -0.2) is 11.6 Å². The number of nitrogens with one attached hydrogen (secondary N) is 1. The molecule has 19 heavy (non-hydrogen) atoms. The Morgan fingerprint density at radius 1 is 1.32 bits per heavy atom. The molecule has 102 valence electrons. The van der Waals surface area contributed by atoms with Crippen LogP contribution in [0.2, 0.25) is 0 Å². The van der Waals surface area contributed by atoms with E-state index in [-0.39, 0.29) is 6.04 Å². The third kappa shape index (κ3) is 3.47. The molecule has 0 aliphatic carbocycles. The zero-order valence-corrected chi connectivity index (χ0v) is 12.5. The summed E-state index contributed by atoms with van der Waals surface area (Å²) in [5.74, 6) is 0.670. The van der Waals surface area contributed by atoms with E-state index in [1.165, 1.54) is 9.75 Å². The van der Waals surface area contributed by atoms with Gasteiger partial charge in [0.1, 0.15) is 0 Å². The molecule has 0 amide bonds. The average molecular weight is 276 g/mol. The maximum absolute atomic E-state index is 5.53. The molecule has 0 radical (unpaired) electrons. The van der Waals surface area contributed by atoms with Crippen molar-refractivity contribution in [2.24, 2.45) is 0 Å². The van der Waals surface area contributed by atoms with Crippen LogP contribution in [0.25, 0.3) is 0 Å². The molecule has 2 heterocycles. The smallest absolute Gasteiger partial charge is 0.237 e. The van der Waals surface area contributed by atoms with Crippen molar-refractivity contribution in [3.63, 3.8) is 0 Å². The number of nitrogens with zero attached hydrogens (tertiary/aromatic N) is 1. The van der Waals surface area contributed by atoms with Gasteiger partial charge in [-0.15, -0.1) is 11.3 Å². The number of rotatable bonds is 6. The molecule has 2 aromatic heterocycles. The lowest BCUT2D eigenvalue weighted by atomic mass is 10.2. The number of hydrogen-bond acceptors (Lipinski definition) is 4. The maximum Gasteiger partial charge on any atom is 0.237 e. The quantitative estimate of drug-likeness (QED) is 0.855. The molecule has 4 heteroatoms. The first-order chi connectivity index (χ1) is 9.24. The topological polar surface area (TPSA) is 34.1 Å². The van der Waals surface area contributed by atoms with Crippen LogP contribution in [-0.2, 0) is 6.42 Å². The molecule has 0 saturated carbocycles. The van der Waals surface area contributed by atoms with E-state index in [9.17, 15) is 0 Å². The molecule has 0 spiro atoms. The summed E-state index contributed by atoms with van der Waals surface area (Å²) in [6.45, 7) is 6.93. The first-order valence-corrected chi connectivity index (χ1v) is 7.49. The van der Waals surface area contributed by atoms with Gasteiger partial charge in [-0.25, -0.2) is 4.98 Å². The second kappa shape index (κ2) is 6.57. The van der Waals surface area contributed by atoms with Gasteiger partial charge < -0.3 is 10.1 Å². The summed E-state index contributed by atoms with van der Waals surface area (Å²) in [7, 11) is 0. The molecule has 0 saturated heterocycles. The van der Waals surface area contributed by atoms with Crippen LogP contribution in [0.1, 0.15) is 36.6 Å². The maximum atomic E-state index is 5.53. The van der Waals surface area contributed by atoms with E-state index >= 15 is 0 Å². The van der Waals surface area contributed by atoms with E-state index < -0.39 is 0 Å². The molecule has 1 atom stereocenters. The monoisotopic (exact) mass is 276 g/mol. The fraction of sp³-hybridized carbons (Fsp3) is 0.400. The highest BCUT2D eigenvalue weighted by Crippen LogP contribution is 2.29. The lowest BCUT2D eigenvalue weighted by molar-refractivity contribution is 0.328. The third-order valence-electron chi connectivity index (χ3n) is 2.88. The van der Waals surface area contributed by atoms with Gasteiger partial charge in [0.05, 0.1) is 18.3 Å². The highest BCUT2D eigenvalue weighted by atomic mass is 32.1. The van der Waals surface area contributed by atoms with Crippen molar-refractivity contribution < 1.29 is 4.74 Å². The van der Waals surface area contributed by atoms with E-state index in [1.807, 2.05) is 30.4 Å². The van der Waals surface area contributed by atoms with Gasteiger partial charge in [0.2, 0.25) is 5.88 Å². The Morgan fingerprint density at radius 2 is 2.16 bits per heavy atom. The van der Waals surface area contributed by atoms with Gasteiger partial charge in [-0.05, 0) is 44.5 Å². The van der Waals surface area contributed by atoms with Crippen LogP contribution in [0, 0.1) is 0 Å². The molecule has 1 N–H and O–H groups in total. The van der Waals surface area contributed by atoms with Crippen molar-refractivity contribution in [2.75, 3.05) is 11.9 Å². The third-order valence-corrected chi connectivity index (χ3v) is 4.29. The Kier molecular flexibility index (Phi) is 4.80. The van der Waals surface area contributed by atoms with Gasteiger partial charge in [0, 0.05) is 16.0 Å². The second-order valence-corrected chi connectivity index (χ2v) is 5.51. The molecular formula is C15H20N2OS. The number of ether oxygens (including phenoxy) is 1. The summed E-state index contributed by atoms with van der Waals surface area (Å²) in [5, 5.41) is 3.47. The average Bonchev–Trinajstić information content (AvgIpc) is 2.90. The molecule has 1 unspecified atom stereocenters. The first-order valence-electron chi connectivity index (χ1n) is 6.67. The summed E-state index contributed by atoms with van der Waals surface area (Å²) in [5.41, 5.74) is 0.947. The SMILES string of the molecule is CCOc1ncccc1NC(C)c1ccc(CC)s1. The molecule has 2 rings (SSSR count). The predicted molar refractivity (Wildman–Crippen MR) is 81.1 cm³/mol. The summed E-state index contributed by atoms with van der Waals surface area (Å²) in [6, 6.07) is 8.57. The van der Waals surface area contributed by atoms with Crippen LogP contribution < -0.4 is 10.1 Å². The number of aryl methyl sites for hydroxylation is 1. The number of thiophene rings is 1. The van der Waals surface area contributed by atoms with E-state index in [4.69, 9.17) is 4.74 Å². The molecule has 0 bridgehead atoms. The van der Waals surface area contributed by atoms with Gasteiger partial charge >= 0.3 is 0 Å². The fourth-order valence-corrected chi connectivity index (χ4v) is 2.83. The molecule has 0 fully saturated rings. The van der Waals surface area contributed by atoms with Gasteiger partial charge in [-0.2, -0.15) is 0 Å². The lowest BCUT2D eigenvalue weighted by Crippen LogP contribution is -2.07. The van der Waals surface area contributed by atoms with Crippen molar-refractivity contribution in [3.8, 4) is 5.88 Å². The zero-order valence-electron chi connectivity index (χ0n) is 11.6. The minimum Gasteiger partial charge on any atom is -0.476 e. The van der Waals surface area contributed by atoms with Gasteiger partial charge in [0.15, 0.2) is 0 Å². The lowest BCUT2D eigenvalue weighted by Gasteiger charge is -2.16. The summed E-state index contributed by atoms with van der Waals surface area (Å²) < 4.78 is 5.53. The number of hydrogen-bond donors (Lipinski definition) is 1. The molecule has 3 nitrogen and oxygen atoms in total. The Bertz CT molecular complexity index is 524. The van der Waals surface area contributed by atoms with Crippen molar-refractivity contribution in [3.05, 3.63) is 40.2 Å². The molecule has 0 aliphatic heterocycles. The van der Waals surface area contributed by atoms with Crippen LogP contribution in [0.4, 0.5) is 5.69 Å². The highest BCUT2D eigenvalue weighted by molar-refractivity contribution is 7.12. The standard InChI is InChI=1S/C15H20N2OS/c1-4-12-8-9-14(19-12)11(3)17-13-7-6-10-16-15(13)18-5-2/h6-11,17H,4-5H2,1-3H3. The first kappa shape index (κ1) is 13.9. The minimum atomic E-state index is 0.258. The van der Waals surface area contributed by atoms with Gasteiger partial charge in [-0.1, -0.05) is 6.92 Å². The Hall–Kier alpha value is -1.55. The van der Waals surface area contributed by atoms with Crippen molar-refractivity contribution in [1.29, 1.82) is 0 Å². The highest BCUT2D eigenvalue weighted by Gasteiger charge is 2.11. The van der Waals surface area contributed by atoms with Gasteiger partial charge in [0.25, 0.3) is 0 Å². The van der Waals surface area contributed by atoms with E-state index in [2.05, 4.69) is 36.3 Å². The van der Waals surface area contributed by atoms with Crippen molar-refractivity contribution >= 4 is 17.0 Å². The molecule has 0 aromatic carbocycles. The van der Waals surface area contributed by atoms with E-state index in [1.54, 1.807) is 6.20 Å². The molecule has 0 aliphatic rings. The largest absolute Gasteiger partial charge is 0.476 e. The van der Waals surface area contributed by atoms with Crippen LogP contribution in [0.5, 0.6) is 5.88 Å². The number of aromatic nitrogens is 1. The Labute approximate surface area is 118 Å². The van der Waals surface area contributed by atoms with Gasteiger partial charge in [-0.3, -0.25) is 0 Å². The van der Waals surface area contributed by atoms with Crippen LogP contribution >= 0.6 is 11.3 Å². The zero-order chi connectivity index (χ0) is 13.7. The van der Waals surface area contributed by atoms with Crippen molar-refractivity contribution in [2.45, 2.75) is 33.2 Å². The van der Waals surface area contributed by atoms with E-state index in [0.717, 1.165) is 12.1 Å². The summed E-state index contributed by atoms with van der Waals surface area (Å²) in [4.78, 5) is 7.01.